The zero-order chi connectivity index (χ0) is 11.0. The van der Waals surface area contributed by atoms with Crippen LogP contribution in [-0.2, 0) is 0 Å². The van der Waals surface area contributed by atoms with E-state index in [1.54, 1.807) is 0 Å². The van der Waals surface area contributed by atoms with E-state index in [9.17, 15) is 0 Å². The van der Waals surface area contributed by atoms with Crippen molar-refractivity contribution in [3.05, 3.63) is 12.7 Å². The molecular weight excluding hydrogens is 172 g/mol. The van der Waals surface area contributed by atoms with Gasteiger partial charge in [0.25, 0.3) is 0 Å². The zero-order valence-electron chi connectivity index (χ0n) is 10.2. The second-order valence-electron chi connectivity index (χ2n) is 3.93. The molecule has 1 atom stereocenters. The van der Waals surface area contributed by atoms with Crippen molar-refractivity contribution in [1.29, 1.82) is 0 Å². The van der Waals surface area contributed by atoms with Gasteiger partial charge in [-0.2, -0.15) is 0 Å². The van der Waals surface area contributed by atoms with E-state index in [1.165, 1.54) is 12.8 Å². The van der Waals surface area contributed by atoms with Gasteiger partial charge in [-0.1, -0.05) is 19.9 Å². The molecule has 0 saturated carbocycles. The van der Waals surface area contributed by atoms with Gasteiger partial charge in [0.2, 0.25) is 0 Å². The average molecular weight is 198 g/mol. The molecule has 0 amide bonds. The minimum Gasteiger partial charge on any atom is -0.312 e. The minimum absolute atomic E-state index is 0.597. The minimum atomic E-state index is 0.597. The number of nitrogens with one attached hydrogen (secondary N) is 1. The molecule has 0 aromatic carbocycles. The Morgan fingerprint density at radius 3 is 2.36 bits per heavy atom. The van der Waals surface area contributed by atoms with Crippen molar-refractivity contribution in [2.45, 2.75) is 45.7 Å². The lowest BCUT2D eigenvalue weighted by Crippen LogP contribution is -2.43. The molecule has 84 valence electrons. The van der Waals surface area contributed by atoms with Crippen molar-refractivity contribution in [2.24, 2.45) is 0 Å². The molecule has 0 aliphatic rings. The summed E-state index contributed by atoms with van der Waals surface area (Å²) < 4.78 is 0. The van der Waals surface area contributed by atoms with E-state index in [2.05, 4.69) is 44.6 Å². The predicted octanol–water partition coefficient (Wildman–Crippen LogP) is 2.27. The Morgan fingerprint density at radius 1 is 1.36 bits per heavy atom. The second kappa shape index (κ2) is 8.01. The van der Waals surface area contributed by atoms with Crippen LogP contribution in [0.1, 0.15) is 33.6 Å². The van der Waals surface area contributed by atoms with Gasteiger partial charge in [0.15, 0.2) is 0 Å². The highest BCUT2D eigenvalue weighted by Crippen LogP contribution is 2.09. The van der Waals surface area contributed by atoms with Crippen LogP contribution in [0, 0.1) is 0 Å². The molecule has 0 heterocycles. The van der Waals surface area contributed by atoms with Gasteiger partial charge in [-0.15, -0.1) is 6.58 Å². The number of rotatable bonds is 8. The van der Waals surface area contributed by atoms with E-state index in [4.69, 9.17) is 0 Å². The van der Waals surface area contributed by atoms with E-state index in [0.29, 0.717) is 6.04 Å². The van der Waals surface area contributed by atoms with Gasteiger partial charge in [-0.3, -0.25) is 4.90 Å². The summed E-state index contributed by atoms with van der Waals surface area (Å²) in [6, 6.07) is 1.32. The first kappa shape index (κ1) is 13.7. The molecule has 0 aromatic heterocycles. The Balaban J connectivity index is 3.83. The molecule has 0 rings (SSSR count). The first-order valence-electron chi connectivity index (χ1n) is 5.70. The fourth-order valence-corrected chi connectivity index (χ4v) is 1.76. The van der Waals surface area contributed by atoms with E-state index >= 15 is 0 Å². The standard InChI is InChI=1S/C12H26N2/c1-6-9-13-10-11(4)14(5)12(7-2)8-3/h6,11-13H,1,7-10H2,2-5H3. The van der Waals surface area contributed by atoms with Crippen LogP contribution in [0.25, 0.3) is 0 Å². The van der Waals surface area contributed by atoms with Crippen LogP contribution < -0.4 is 5.32 Å². The number of hydrogen-bond acceptors (Lipinski definition) is 2. The molecule has 0 bridgehead atoms. The van der Waals surface area contributed by atoms with E-state index in [1.807, 2.05) is 6.08 Å². The third kappa shape index (κ3) is 4.77. The maximum absolute atomic E-state index is 3.69. The SMILES string of the molecule is C=CCNCC(C)N(C)C(CC)CC. The highest BCUT2D eigenvalue weighted by atomic mass is 15.2. The molecule has 0 spiro atoms. The third-order valence-corrected chi connectivity index (χ3v) is 2.94. The molecule has 0 aromatic rings. The van der Waals surface area contributed by atoms with Crippen LogP contribution in [-0.4, -0.2) is 37.1 Å². The fraction of sp³-hybridized carbons (Fsp3) is 0.833. The summed E-state index contributed by atoms with van der Waals surface area (Å²) in [4.78, 5) is 2.47. The van der Waals surface area contributed by atoms with Crippen molar-refractivity contribution in [3.8, 4) is 0 Å². The van der Waals surface area contributed by atoms with Gasteiger partial charge in [0, 0.05) is 25.2 Å². The van der Waals surface area contributed by atoms with Crippen LogP contribution in [0.3, 0.4) is 0 Å². The van der Waals surface area contributed by atoms with Crippen LogP contribution in [0.2, 0.25) is 0 Å². The molecule has 0 fully saturated rings. The van der Waals surface area contributed by atoms with Crippen LogP contribution in [0.15, 0.2) is 12.7 Å². The molecule has 0 aliphatic carbocycles. The topological polar surface area (TPSA) is 15.3 Å². The molecule has 0 radical (unpaired) electrons. The lowest BCUT2D eigenvalue weighted by atomic mass is 10.1. The Kier molecular flexibility index (Phi) is 7.81. The summed E-state index contributed by atoms with van der Waals surface area (Å²) in [7, 11) is 2.22. The highest BCUT2D eigenvalue weighted by molar-refractivity contribution is 4.76. The number of hydrogen-bond donors (Lipinski definition) is 1. The van der Waals surface area contributed by atoms with Gasteiger partial charge >= 0.3 is 0 Å². The summed E-state index contributed by atoms with van der Waals surface area (Å²) in [5.41, 5.74) is 0. The van der Waals surface area contributed by atoms with Crippen LogP contribution >= 0.6 is 0 Å². The van der Waals surface area contributed by atoms with Gasteiger partial charge in [-0.05, 0) is 26.8 Å². The largest absolute Gasteiger partial charge is 0.312 e. The zero-order valence-corrected chi connectivity index (χ0v) is 10.2. The molecule has 14 heavy (non-hydrogen) atoms. The summed E-state index contributed by atoms with van der Waals surface area (Å²) >= 11 is 0. The Hall–Kier alpha value is -0.340. The molecule has 2 heteroatoms. The van der Waals surface area contributed by atoms with Crippen LogP contribution in [0.5, 0.6) is 0 Å². The monoisotopic (exact) mass is 198 g/mol. The molecule has 0 saturated heterocycles. The van der Waals surface area contributed by atoms with Gasteiger partial charge in [0.1, 0.15) is 0 Å². The highest BCUT2D eigenvalue weighted by Gasteiger charge is 2.15. The van der Waals surface area contributed by atoms with E-state index in [0.717, 1.165) is 19.1 Å². The molecule has 1 unspecified atom stereocenters. The lowest BCUT2D eigenvalue weighted by molar-refractivity contribution is 0.172. The van der Waals surface area contributed by atoms with E-state index < -0.39 is 0 Å². The molecule has 2 nitrogen and oxygen atoms in total. The smallest absolute Gasteiger partial charge is 0.0192 e. The summed E-state index contributed by atoms with van der Waals surface area (Å²) in [5, 5.41) is 3.36. The van der Waals surface area contributed by atoms with E-state index in [-0.39, 0.29) is 0 Å². The first-order chi connectivity index (χ1) is 6.67. The average Bonchev–Trinajstić information content (AvgIpc) is 2.19. The summed E-state index contributed by atoms with van der Waals surface area (Å²) in [6.45, 7) is 12.4. The Labute approximate surface area is 89.4 Å². The first-order valence-corrected chi connectivity index (χ1v) is 5.70. The molecule has 1 N–H and O–H groups in total. The Bertz CT molecular complexity index is 141. The number of nitrogens with zero attached hydrogens (tertiary/aromatic N) is 1. The Morgan fingerprint density at radius 2 is 1.93 bits per heavy atom. The van der Waals surface area contributed by atoms with Crippen LogP contribution in [0.4, 0.5) is 0 Å². The van der Waals surface area contributed by atoms with Gasteiger partial charge < -0.3 is 5.32 Å². The lowest BCUT2D eigenvalue weighted by Gasteiger charge is -2.32. The quantitative estimate of drug-likeness (QED) is 0.475. The maximum atomic E-state index is 3.69. The van der Waals surface area contributed by atoms with Crippen molar-refractivity contribution < 1.29 is 0 Å². The predicted molar refractivity (Wildman–Crippen MR) is 64.7 cm³/mol. The second-order valence-corrected chi connectivity index (χ2v) is 3.93. The van der Waals surface area contributed by atoms with Gasteiger partial charge in [-0.25, -0.2) is 0 Å². The van der Waals surface area contributed by atoms with Crippen molar-refractivity contribution in [2.75, 3.05) is 20.1 Å². The molecule has 0 aliphatic heterocycles. The summed E-state index contributed by atoms with van der Waals surface area (Å²) in [6.07, 6.45) is 4.38. The fourth-order valence-electron chi connectivity index (χ4n) is 1.76. The summed E-state index contributed by atoms with van der Waals surface area (Å²) in [5.74, 6) is 0. The van der Waals surface area contributed by atoms with Gasteiger partial charge in [0.05, 0.1) is 0 Å². The van der Waals surface area contributed by atoms with Crippen molar-refractivity contribution in [1.82, 2.24) is 10.2 Å². The molecular formula is C12H26N2. The normalized spacial score (nSPS) is 13.6. The number of likely N-dealkylation sites (N-methyl/N-ethyl adjacent to an activating group) is 1. The maximum Gasteiger partial charge on any atom is 0.0192 e. The van der Waals surface area contributed by atoms with Crippen molar-refractivity contribution in [3.63, 3.8) is 0 Å². The third-order valence-electron chi connectivity index (χ3n) is 2.94. The van der Waals surface area contributed by atoms with Crippen molar-refractivity contribution >= 4 is 0 Å².